The zero-order valence-electron chi connectivity index (χ0n) is 11.7. The molecule has 0 saturated carbocycles. The molecule has 1 unspecified atom stereocenters. The molecular weight excluding hydrogens is 254 g/mol. The Morgan fingerprint density at radius 1 is 1.47 bits per heavy atom. The highest BCUT2D eigenvalue weighted by atomic mass is 32.1. The summed E-state index contributed by atoms with van der Waals surface area (Å²) in [5, 5.41) is 9.03. The van der Waals surface area contributed by atoms with E-state index in [1.165, 1.54) is 4.88 Å². The van der Waals surface area contributed by atoms with Crippen LogP contribution < -0.4 is 10.6 Å². The Morgan fingerprint density at radius 3 is 2.89 bits per heavy atom. The fourth-order valence-electron chi connectivity index (χ4n) is 2.24. The summed E-state index contributed by atoms with van der Waals surface area (Å²) in [6.45, 7) is 3.23. The van der Waals surface area contributed by atoms with E-state index in [-0.39, 0.29) is 0 Å². The predicted molar refractivity (Wildman–Crippen MR) is 83.8 cm³/mol. The van der Waals surface area contributed by atoms with Crippen LogP contribution in [0.25, 0.3) is 0 Å². The summed E-state index contributed by atoms with van der Waals surface area (Å²) in [5.74, 6) is 1.53. The number of hydrogen-bond donors (Lipinski definition) is 2. The molecule has 0 fully saturated rings. The molecule has 1 aromatic heterocycles. The summed E-state index contributed by atoms with van der Waals surface area (Å²) < 4.78 is 0. The van der Waals surface area contributed by atoms with Gasteiger partial charge in [0.05, 0.1) is 0 Å². The normalized spacial score (nSPS) is 17.7. The zero-order valence-corrected chi connectivity index (χ0v) is 12.5. The van der Waals surface area contributed by atoms with Gasteiger partial charge in [-0.3, -0.25) is 4.99 Å². The molecule has 0 spiro atoms. The molecular formula is C15H23N3S. The van der Waals surface area contributed by atoms with Crippen molar-refractivity contribution in [2.45, 2.75) is 32.2 Å². The van der Waals surface area contributed by atoms with Crippen LogP contribution in [0.2, 0.25) is 0 Å². The van der Waals surface area contributed by atoms with Crippen LogP contribution in [0.5, 0.6) is 0 Å². The van der Waals surface area contributed by atoms with Crippen molar-refractivity contribution in [2.75, 3.05) is 13.6 Å². The minimum Gasteiger partial charge on any atom is -0.356 e. The fourth-order valence-corrected chi connectivity index (χ4v) is 3.11. The number of thiophene rings is 1. The molecule has 0 saturated heterocycles. The molecule has 1 aliphatic carbocycles. The van der Waals surface area contributed by atoms with Crippen LogP contribution in [0.1, 0.15) is 24.6 Å². The number of nitrogens with one attached hydrogen (secondary N) is 2. The third-order valence-electron chi connectivity index (χ3n) is 3.32. The Bertz CT molecular complexity index is 415. The number of guanidine groups is 1. The smallest absolute Gasteiger partial charge is 0.191 e. The molecule has 1 aliphatic rings. The molecule has 0 bridgehead atoms. The quantitative estimate of drug-likeness (QED) is 0.493. The maximum absolute atomic E-state index is 4.29. The van der Waals surface area contributed by atoms with E-state index in [2.05, 4.69) is 52.2 Å². The average Bonchev–Trinajstić information content (AvgIpc) is 3.07. The second-order valence-corrected chi connectivity index (χ2v) is 6.16. The molecule has 2 rings (SSSR count). The first-order valence-corrected chi connectivity index (χ1v) is 7.80. The van der Waals surface area contributed by atoms with E-state index >= 15 is 0 Å². The molecule has 4 heteroatoms. The monoisotopic (exact) mass is 277 g/mol. The van der Waals surface area contributed by atoms with Gasteiger partial charge in [-0.1, -0.05) is 25.1 Å². The van der Waals surface area contributed by atoms with E-state index in [9.17, 15) is 0 Å². The van der Waals surface area contributed by atoms with Crippen LogP contribution in [0.3, 0.4) is 0 Å². The molecule has 1 heterocycles. The number of nitrogens with zero attached hydrogens (tertiary/aromatic N) is 1. The summed E-state index contributed by atoms with van der Waals surface area (Å²) in [6, 6.07) is 4.84. The van der Waals surface area contributed by atoms with Gasteiger partial charge in [0.2, 0.25) is 0 Å². The van der Waals surface area contributed by atoms with Gasteiger partial charge in [-0.2, -0.15) is 0 Å². The molecule has 2 N–H and O–H groups in total. The predicted octanol–water partition coefficient (Wildman–Crippen LogP) is 2.81. The van der Waals surface area contributed by atoms with Crippen molar-refractivity contribution in [3.63, 3.8) is 0 Å². The number of hydrogen-bond acceptors (Lipinski definition) is 2. The molecule has 1 aromatic rings. The molecule has 3 nitrogen and oxygen atoms in total. The Kier molecular flexibility index (Phi) is 5.45. The van der Waals surface area contributed by atoms with Crippen LogP contribution in [-0.2, 0) is 6.42 Å². The minimum absolute atomic E-state index is 0.513. The summed E-state index contributed by atoms with van der Waals surface area (Å²) in [6.07, 6.45) is 7.79. The lowest BCUT2D eigenvalue weighted by Crippen LogP contribution is -2.44. The SMILES string of the molecule is CN=C(NCC(C)Cc1cccs1)NC1CC=CC1. The van der Waals surface area contributed by atoms with Gasteiger partial charge in [0.25, 0.3) is 0 Å². The van der Waals surface area contributed by atoms with Crippen LogP contribution in [0.4, 0.5) is 0 Å². The first-order valence-electron chi connectivity index (χ1n) is 6.92. The van der Waals surface area contributed by atoms with E-state index in [4.69, 9.17) is 0 Å². The van der Waals surface area contributed by atoms with Gasteiger partial charge in [0.15, 0.2) is 5.96 Å². The van der Waals surface area contributed by atoms with Gasteiger partial charge in [-0.15, -0.1) is 11.3 Å². The lowest BCUT2D eigenvalue weighted by Gasteiger charge is -2.19. The summed E-state index contributed by atoms with van der Waals surface area (Å²) in [4.78, 5) is 5.75. The summed E-state index contributed by atoms with van der Waals surface area (Å²) in [5.41, 5.74) is 0. The van der Waals surface area contributed by atoms with E-state index < -0.39 is 0 Å². The average molecular weight is 277 g/mol. The van der Waals surface area contributed by atoms with Crippen LogP contribution in [0, 0.1) is 5.92 Å². The van der Waals surface area contributed by atoms with Gasteiger partial charge in [0.1, 0.15) is 0 Å². The van der Waals surface area contributed by atoms with Crippen molar-refractivity contribution >= 4 is 17.3 Å². The second-order valence-electron chi connectivity index (χ2n) is 5.13. The molecule has 1 atom stereocenters. The second kappa shape index (κ2) is 7.34. The fraction of sp³-hybridized carbons (Fsp3) is 0.533. The maximum Gasteiger partial charge on any atom is 0.191 e. The highest BCUT2D eigenvalue weighted by Gasteiger charge is 2.12. The Labute approximate surface area is 119 Å². The lowest BCUT2D eigenvalue weighted by molar-refractivity contribution is 0.552. The van der Waals surface area contributed by atoms with Crippen LogP contribution >= 0.6 is 11.3 Å². The van der Waals surface area contributed by atoms with Crippen molar-refractivity contribution in [1.82, 2.24) is 10.6 Å². The Morgan fingerprint density at radius 2 is 2.26 bits per heavy atom. The molecule has 19 heavy (non-hydrogen) atoms. The molecule has 0 aliphatic heterocycles. The summed E-state index contributed by atoms with van der Waals surface area (Å²) >= 11 is 1.84. The molecule has 0 amide bonds. The van der Waals surface area contributed by atoms with Gasteiger partial charge in [-0.25, -0.2) is 0 Å². The third-order valence-corrected chi connectivity index (χ3v) is 4.22. The van der Waals surface area contributed by atoms with Gasteiger partial charge < -0.3 is 10.6 Å². The van der Waals surface area contributed by atoms with Crippen molar-refractivity contribution in [2.24, 2.45) is 10.9 Å². The molecule has 0 radical (unpaired) electrons. The third kappa shape index (κ3) is 4.71. The number of aliphatic imine (C=N–C) groups is 1. The minimum atomic E-state index is 0.513. The van der Waals surface area contributed by atoms with Gasteiger partial charge in [-0.05, 0) is 36.6 Å². The van der Waals surface area contributed by atoms with Crippen LogP contribution in [0.15, 0.2) is 34.7 Å². The first-order chi connectivity index (χ1) is 9.28. The highest BCUT2D eigenvalue weighted by Crippen LogP contribution is 2.14. The highest BCUT2D eigenvalue weighted by molar-refractivity contribution is 7.09. The van der Waals surface area contributed by atoms with Crippen molar-refractivity contribution in [3.05, 3.63) is 34.5 Å². The van der Waals surface area contributed by atoms with Gasteiger partial charge in [0, 0.05) is 24.5 Å². The van der Waals surface area contributed by atoms with Crippen molar-refractivity contribution in [1.29, 1.82) is 0 Å². The Balaban J connectivity index is 1.70. The lowest BCUT2D eigenvalue weighted by atomic mass is 10.1. The van der Waals surface area contributed by atoms with Gasteiger partial charge >= 0.3 is 0 Å². The maximum atomic E-state index is 4.29. The topological polar surface area (TPSA) is 36.4 Å². The molecule has 104 valence electrons. The van der Waals surface area contributed by atoms with Crippen LogP contribution in [-0.4, -0.2) is 25.6 Å². The molecule has 0 aromatic carbocycles. The zero-order chi connectivity index (χ0) is 13.5. The first kappa shape index (κ1) is 14.1. The van der Waals surface area contributed by atoms with Crippen molar-refractivity contribution < 1.29 is 0 Å². The largest absolute Gasteiger partial charge is 0.356 e. The van der Waals surface area contributed by atoms with E-state index in [0.29, 0.717) is 12.0 Å². The Hall–Kier alpha value is -1.29. The standard InChI is InChI=1S/C15H23N3S/c1-12(10-14-8-5-9-19-14)11-17-15(16-2)18-13-6-3-4-7-13/h3-5,8-9,12-13H,6-7,10-11H2,1-2H3,(H2,16,17,18). The van der Waals surface area contributed by atoms with E-state index in [0.717, 1.165) is 31.8 Å². The number of rotatable bonds is 5. The van der Waals surface area contributed by atoms with E-state index in [1.54, 1.807) is 0 Å². The van der Waals surface area contributed by atoms with Crippen molar-refractivity contribution in [3.8, 4) is 0 Å². The summed E-state index contributed by atoms with van der Waals surface area (Å²) in [7, 11) is 1.83. The van der Waals surface area contributed by atoms with E-state index in [1.807, 2.05) is 18.4 Å².